The molecule has 0 saturated heterocycles. The Morgan fingerprint density at radius 1 is 1.60 bits per heavy atom. The first-order valence-electron chi connectivity index (χ1n) is 6.34. The summed E-state index contributed by atoms with van der Waals surface area (Å²) in [5.41, 5.74) is 1.61. The minimum atomic E-state index is -0.854. The molecule has 2 atom stereocenters. The minimum absolute atomic E-state index is 0.0669. The summed E-state index contributed by atoms with van der Waals surface area (Å²) >= 11 is 5.96. The minimum Gasteiger partial charge on any atom is -0.469 e. The largest absolute Gasteiger partial charge is 0.469 e. The molecule has 0 aromatic heterocycles. The van der Waals surface area contributed by atoms with Crippen LogP contribution in [0.5, 0.6) is 0 Å². The van der Waals surface area contributed by atoms with E-state index in [0.717, 1.165) is 5.56 Å². The molecular weight excluding hydrogens is 278 g/mol. The molecule has 0 amide bonds. The summed E-state index contributed by atoms with van der Waals surface area (Å²) in [5, 5.41) is 14.1. The highest BCUT2D eigenvalue weighted by atomic mass is 35.5. The maximum Gasteiger partial charge on any atom is 0.307 e. The summed E-state index contributed by atoms with van der Waals surface area (Å²) in [6.45, 7) is 5.99. The van der Waals surface area contributed by atoms with E-state index in [9.17, 15) is 9.90 Å². The SMILES string of the molecule is C=CCNC(CC(=O)OC)C(O)c1cc(Cl)ccc1C. The molecule has 1 rings (SSSR count). The first kappa shape index (κ1) is 16.7. The zero-order chi connectivity index (χ0) is 15.1. The van der Waals surface area contributed by atoms with Crippen LogP contribution in [0.25, 0.3) is 0 Å². The lowest BCUT2D eigenvalue weighted by Gasteiger charge is -2.24. The molecule has 0 heterocycles. The summed E-state index contributed by atoms with van der Waals surface area (Å²) in [7, 11) is 1.32. The van der Waals surface area contributed by atoms with Gasteiger partial charge in [0.05, 0.1) is 19.6 Å². The molecule has 20 heavy (non-hydrogen) atoms. The summed E-state index contributed by atoms with van der Waals surface area (Å²) < 4.78 is 4.66. The Labute approximate surface area is 124 Å². The van der Waals surface area contributed by atoms with Crippen LogP contribution in [-0.4, -0.2) is 30.8 Å². The molecule has 0 radical (unpaired) electrons. The average Bonchev–Trinajstić information content (AvgIpc) is 2.44. The number of aryl methyl sites for hydroxylation is 1. The zero-order valence-corrected chi connectivity index (χ0v) is 12.5. The van der Waals surface area contributed by atoms with Gasteiger partial charge in [0.25, 0.3) is 0 Å². The van der Waals surface area contributed by atoms with Crippen LogP contribution in [0, 0.1) is 6.92 Å². The van der Waals surface area contributed by atoms with Gasteiger partial charge in [0.15, 0.2) is 0 Å². The average molecular weight is 298 g/mol. The van der Waals surface area contributed by atoms with Gasteiger partial charge in [-0.05, 0) is 30.2 Å². The number of ether oxygens (including phenoxy) is 1. The van der Waals surface area contributed by atoms with Gasteiger partial charge in [-0.25, -0.2) is 0 Å². The Balaban J connectivity index is 2.95. The molecule has 0 aliphatic carbocycles. The van der Waals surface area contributed by atoms with Crippen molar-refractivity contribution in [3.63, 3.8) is 0 Å². The molecule has 110 valence electrons. The van der Waals surface area contributed by atoms with Gasteiger partial charge in [-0.15, -0.1) is 6.58 Å². The van der Waals surface area contributed by atoms with Crippen LogP contribution in [-0.2, 0) is 9.53 Å². The number of rotatable bonds is 7. The van der Waals surface area contributed by atoms with Gasteiger partial charge < -0.3 is 15.2 Å². The van der Waals surface area contributed by atoms with Crippen molar-refractivity contribution in [3.05, 3.63) is 47.0 Å². The summed E-state index contributed by atoms with van der Waals surface area (Å²) in [4.78, 5) is 11.4. The molecular formula is C15H20ClNO3. The van der Waals surface area contributed by atoms with Gasteiger partial charge in [-0.2, -0.15) is 0 Å². The maximum atomic E-state index is 11.4. The second kappa shape index (κ2) is 8.04. The monoisotopic (exact) mass is 297 g/mol. The molecule has 5 heteroatoms. The Morgan fingerprint density at radius 3 is 2.90 bits per heavy atom. The second-order valence-corrected chi connectivity index (χ2v) is 4.97. The number of carbonyl (C=O) groups excluding carboxylic acids is 1. The third kappa shape index (κ3) is 4.63. The molecule has 1 aromatic rings. The molecule has 1 aromatic carbocycles. The molecule has 0 aliphatic heterocycles. The van der Waals surface area contributed by atoms with Crippen molar-refractivity contribution >= 4 is 17.6 Å². The van der Waals surface area contributed by atoms with E-state index in [1.54, 1.807) is 18.2 Å². The van der Waals surface area contributed by atoms with E-state index in [1.807, 2.05) is 13.0 Å². The highest BCUT2D eigenvalue weighted by molar-refractivity contribution is 6.30. The van der Waals surface area contributed by atoms with Gasteiger partial charge >= 0.3 is 5.97 Å². The molecule has 0 saturated carbocycles. The van der Waals surface area contributed by atoms with E-state index in [4.69, 9.17) is 11.6 Å². The fraction of sp³-hybridized carbons (Fsp3) is 0.400. The van der Waals surface area contributed by atoms with Gasteiger partial charge in [0, 0.05) is 17.6 Å². The summed E-state index contributed by atoms with van der Waals surface area (Å²) in [6, 6.07) is 4.85. The number of benzene rings is 1. The number of aliphatic hydroxyl groups excluding tert-OH is 1. The molecule has 0 bridgehead atoms. The van der Waals surface area contributed by atoms with Crippen LogP contribution in [0.1, 0.15) is 23.7 Å². The fourth-order valence-corrected chi connectivity index (χ4v) is 2.12. The number of hydrogen-bond donors (Lipinski definition) is 2. The lowest BCUT2D eigenvalue weighted by Crippen LogP contribution is -2.37. The quantitative estimate of drug-likeness (QED) is 0.599. The van der Waals surface area contributed by atoms with E-state index >= 15 is 0 Å². The van der Waals surface area contributed by atoms with E-state index in [1.165, 1.54) is 7.11 Å². The molecule has 4 nitrogen and oxygen atoms in total. The standard InChI is InChI=1S/C15H20ClNO3/c1-4-7-17-13(9-14(18)20-3)15(19)12-8-11(16)6-5-10(12)2/h4-6,8,13,15,17,19H,1,7,9H2,2-3H3. The summed E-state index contributed by atoms with van der Waals surface area (Å²) in [6.07, 6.45) is 0.881. The van der Waals surface area contributed by atoms with E-state index in [0.29, 0.717) is 17.1 Å². The van der Waals surface area contributed by atoms with Crippen molar-refractivity contribution in [2.45, 2.75) is 25.5 Å². The highest BCUT2D eigenvalue weighted by Crippen LogP contribution is 2.25. The molecule has 2 N–H and O–H groups in total. The molecule has 0 aliphatic rings. The van der Waals surface area contributed by atoms with Crippen LogP contribution in [0.3, 0.4) is 0 Å². The zero-order valence-electron chi connectivity index (χ0n) is 11.7. The van der Waals surface area contributed by atoms with Crippen LogP contribution in [0.2, 0.25) is 5.02 Å². The number of halogens is 1. The number of aliphatic hydroxyl groups is 1. The first-order valence-corrected chi connectivity index (χ1v) is 6.72. The topological polar surface area (TPSA) is 58.6 Å². The van der Waals surface area contributed by atoms with Gasteiger partial charge in [0.1, 0.15) is 0 Å². The van der Waals surface area contributed by atoms with Crippen molar-refractivity contribution in [2.75, 3.05) is 13.7 Å². The van der Waals surface area contributed by atoms with Crippen molar-refractivity contribution < 1.29 is 14.6 Å². The van der Waals surface area contributed by atoms with E-state index in [2.05, 4.69) is 16.6 Å². The predicted molar refractivity (Wildman–Crippen MR) is 79.8 cm³/mol. The van der Waals surface area contributed by atoms with Crippen molar-refractivity contribution in [1.82, 2.24) is 5.32 Å². The van der Waals surface area contributed by atoms with Crippen LogP contribution >= 0.6 is 11.6 Å². The van der Waals surface area contributed by atoms with Crippen molar-refractivity contribution in [2.24, 2.45) is 0 Å². The fourth-order valence-electron chi connectivity index (χ4n) is 1.94. The molecule has 0 spiro atoms. The van der Waals surface area contributed by atoms with Gasteiger partial charge in [-0.3, -0.25) is 4.79 Å². The van der Waals surface area contributed by atoms with Crippen LogP contribution < -0.4 is 5.32 Å². The Kier molecular flexibility index (Phi) is 6.71. The number of methoxy groups -OCH3 is 1. The van der Waals surface area contributed by atoms with Gasteiger partial charge in [0.2, 0.25) is 0 Å². The number of hydrogen-bond acceptors (Lipinski definition) is 4. The second-order valence-electron chi connectivity index (χ2n) is 4.53. The third-order valence-corrected chi connectivity index (χ3v) is 3.31. The number of esters is 1. The number of nitrogens with one attached hydrogen (secondary N) is 1. The van der Waals surface area contributed by atoms with E-state index < -0.39 is 12.1 Å². The van der Waals surface area contributed by atoms with Crippen molar-refractivity contribution in [1.29, 1.82) is 0 Å². The predicted octanol–water partition coefficient (Wildman–Crippen LogP) is 2.39. The lowest BCUT2D eigenvalue weighted by molar-refractivity contribution is -0.142. The molecule has 0 fully saturated rings. The smallest absolute Gasteiger partial charge is 0.307 e. The maximum absolute atomic E-state index is 11.4. The van der Waals surface area contributed by atoms with Crippen LogP contribution in [0.15, 0.2) is 30.9 Å². The molecule has 2 unspecified atom stereocenters. The van der Waals surface area contributed by atoms with E-state index in [-0.39, 0.29) is 12.4 Å². The summed E-state index contributed by atoms with van der Waals surface area (Å²) in [5.74, 6) is -0.384. The Hall–Kier alpha value is -1.36. The Morgan fingerprint density at radius 2 is 2.30 bits per heavy atom. The van der Waals surface area contributed by atoms with Gasteiger partial charge in [-0.1, -0.05) is 23.7 Å². The highest BCUT2D eigenvalue weighted by Gasteiger charge is 2.24. The van der Waals surface area contributed by atoms with Crippen LogP contribution in [0.4, 0.5) is 0 Å². The number of carbonyl (C=O) groups is 1. The first-order chi connectivity index (χ1) is 9.49. The van der Waals surface area contributed by atoms with Crippen molar-refractivity contribution in [3.8, 4) is 0 Å². The Bertz CT molecular complexity index is 476. The lowest BCUT2D eigenvalue weighted by atomic mass is 9.96. The normalized spacial score (nSPS) is 13.6. The third-order valence-electron chi connectivity index (χ3n) is 3.08.